The standard InChI is InChI=1S/C19H20FNO4/c1-11-14(15(22)9-12-5-7-13(20)8-6-12)10-16(25-11)17(23)18(24)21-19(2,3)4/h5-8,10H,9H2,1-4H3,(H,21,24). The van der Waals surface area contributed by atoms with Gasteiger partial charge >= 0.3 is 0 Å². The van der Waals surface area contributed by atoms with E-state index in [0.29, 0.717) is 5.56 Å². The summed E-state index contributed by atoms with van der Waals surface area (Å²) in [5.74, 6) is -2.20. The number of carbonyl (C=O) groups excluding carboxylic acids is 3. The maximum atomic E-state index is 12.9. The van der Waals surface area contributed by atoms with Crippen LogP contribution in [0.25, 0.3) is 0 Å². The summed E-state index contributed by atoms with van der Waals surface area (Å²) < 4.78 is 18.2. The Morgan fingerprint density at radius 3 is 2.28 bits per heavy atom. The van der Waals surface area contributed by atoms with Crippen molar-refractivity contribution < 1.29 is 23.2 Å². The van der Waals surface area contributed by atoms with Crippen LogP contribution in [0.4, 0.5) is 4.39 Å². The number of hydrogen-bond donors (Lipinski definition) is 1. The molecule has 0 aliphatic carbocycles. The smallest absolute Gasteiger partial charge is 0.296 e. The number of amides is 1. The lowest BCUT2D eigenvalue weighted by atomic mass is 10.0. The zero-order valence-electron chi connectivity index (χ0n) is 14.6. The van der Waals surface area contributed by atoms with Crippen LogP contribution >= 0.6 is 0 Å². The third-order valence-corrected chi connectivity index (χ3v) is 3.41. The summed E-state index contributed by atoms with van der Waals surface area (Å²) in [6.45, 7) is 6.81. The van der Waals surface area contributed by atoms with Gasteiger partial charge in [0.25, 0.3) is 11.7 Å². The Bertz CT molecular complexity index is 813. The summed E-state index contributed by atoms with van der Waals surface area (Å²) in [5.41, 5.74) is 0.317. The maximum Gasteiger partial charge on any atom is 0.296 e. The van der Waals surface area contributed by atoms with Crippen LogP contribution in [-0.2, 0) is 11.2 Å². The van der Waals surface area contributed by atoms with Crippen molar-refractivity contribution in [3.8, 4) is 0 Å². The molecule has 0 spiro atoms. The van der Waals surface area contributed by atoms with Gasteiger partial charge in [0.15, 0.2) is 11.5 Å². The van der Waals surface area contributed by atoms with Gasteiger partial charge in [0, 0.05) is 12.0 Å². The predicted octanol–water partition coefficient (Wildman–Crippen LogP) is 3.25. The average molecular weight is 345 g/mol. The van der Waals surface area contributed by atoms with Crippen molar-refractivity contribution >= 4 is 17.5 Å². The average Bonchev–Trinajstić information content (AvgIpc) is 2.89. The topological polar surface area (TPSA) is 76.4 Å². The van der Waals surface area contributed by atoms with Gasteiger partial charge < -0.3 is 9.73 Å². The molecule has 5 nitrogen and oxygen atoms in total. The number of Topliss-reactive ketones (excluding diaryl/α,β-unsaturated/α-hetero) is 2. The van der Waals surface area contributed by atoms with Crippen LogP contribution in [-0.4, -0.2) is 23.0 Å². The van der Waals surface area contributed by atoms with Gasteiger partial charge in [0.05, 0.1) is 5.56 Å². The Kier molecular flexibility index (Phi) is 5.21. The number of benzene rings is 1. The maximum absolute atomic E-state index is 12.9. The minimum atomic E-state index is -0.834. The van der Waals surface area contributed by atoms with E-state index in [0.717, 1.165) is 0 Å². The van der Waals surface area contributed by atoms with Crippen molar-refractivity contribution in [3.63, 3.8) is 0 Å². The predicted molar refractivity (Wildman–Crippen MR) is 90.1 cm³/mol. The van der Waals surface area contributed by atoms with Crippen molar-refractivity contribution in [1.82, 2.24) is 5.32 Å². The van der Waals surface area contributed by atoms with Gasteiger partial charge in [-0.05, 0) is 51.5 Å². The first-order chi connectivity index (χ1) is 11.6. The van der Waals surface area contributed by atoms with E-state index in [2.05, 4.69) is 5.32 Å². The zero-order chi connectivity index (χ0) is 18.8. The van der Waals surface area contributed by atoms with Gasteiger partial charge in [0.1, 0.15) is 11.6 Å². The summed E-state index contributed by atoms with van der Waals surface area (Å²) >= 11 is 0. The molecule has 0 aliphatic heterocycles. The lowest BCUT2D eigenvalue weighted by Crippen LogP contribution is -2.44. The van der Waals surface area contributed by atoms with E-state index < -0.39 is 17.2 Å². The van der Waals surface area contributed by atoms with Crippen LogP contribution < -0.4 is 5.32 Å². The van der Waals surface area contributed by atoms with Crippen molar-refractivity contribution in [3.05, 3.63) is 58.8 Å². The van der Waals surface area contributed by atoms with Gasteiger partial charge in [-0.1, -0.05) is 12.1 Å². The van der Waals surface area contributed by atoms with Crippen LogP contribution in [0.15, 0.2) is 34.7 Å². The first-order valence-electron chi connectivity index (χ1n) is 7.82. The Balaban J connectivity index is 2.16. The van der Waals surface area contributed by atoms with Gasteiger partial charge in [-0.2, -0.15) is 0 Å². The SMILES string of the molecule is Cc1oc(C(=O)C(=O)NC(C)(C)C)cc1C(=O)Cc1ccc(F)cc1. The molecule has 132 valence electrons. The number of carbonyl (C=O) groups is 3. The molecule has 0 saturated heterocycles. The molecule has 1 aromatic heterocycles. The lowest BCUT2D eigenvalue weighted by molar-refractivity contribution is -0.118. The highest BCUT2D eigenvalue weighted by molar-refractivity contribution is 6.42. The fourth-order valence-corrected chi connectivity index (χ4v) is 2.26. The molecule has 0 fully saturated rings. The summed E-state index contributed by atoms with van der Waals surface area (Å²) in [5, 5.41) is 2.55. The highest BCUT2D eigenvalue weighted by Gasteiger charge is 2.26. The van der Waals surface area contributed by atoms with Crippen molar-refractivity contribution in [2.24, 2.45) is 0 Å². The largest absolute Gasteiger partial charge is 0.457 e. The minimum absolute atomic E-state index is 0.0441. The summed E-state index contributed by atoms with van der Waals surface area (Å²) in [7, 11) is 0. The van der Waals surface area contributed by atoms with Crippen LogP contribution in [0.3, 0.4) is 0 Å². The Hall–Kier alpha value is -2.76. The van der Waals surface area contributed by atoms with E-state index in [1.807, 2.05) is 0 Å². The van der Waals surface area contributed by atoms with Crippen LogP contribution in [0.2, 0.25) is 0 Å². The molecular weight excluding hydrogens is 325 g/mol. The van der Waals surface area contributed by atoms with E-state index in [9.17, 15) is 18.8 Å². The molecule has 1 aromatic carbocycles. The second-order valence-corrected chi connectivity index (χ2v) is 6.84. The Morgan fingerprint density at radius 2 is 1.72 bits per heavy atom. The molecule has 0 bridgehead atoms. The monoisotopic (exact) mass is 345 g/mol. The van der Waals surface area contributed by atoms with E-state index in [1.54, 1.807) is 27.7 Å². The number of hydrogen-bond acceptors (Lipinski definition) is 4. The number of aryl methyl sites for hydroxylation is 1. The quantitative estimate of drug-likeness (QED) is 0.667. The second-order valence-electron chi connectivity index (χ2n) is 6.84. The molecule has 1 N–H and O–H groups in total. The fourth-order valence-electron chi connectivity index (χ4n) is 2.26. The molecule has 1 amide bonds. The van der Waals surface area contributed by atoms with E-state index in [4.69, 9.17) is 4.42 Å². The summed E-state index contributed by atoms with van der Waals surface area (Å²) in [6.07, 6.45) is 0.0441. The normalized spacial score (nSPS) is 11.2. The molecule has 0 radical (unpaired) electrons. The fraction of sp³-hybridized carbons (Fsp3) is 0.316. The van der Waals surface area contributed by atoms with Crippen molar-refractivity contribution in [2.75, 3.05) is 0 Å². The number of halogens is 1. The first-order valence-corrected chi connectivity index (χ1v) is 7.82. The number of furan rings is 1. The van der Waals surface area contributed by atoms with Crippen LogP contribution in [0.5, 0.6) is 0 Å². The number of ketones is 2. The van der Waals surface area contributed by atoms with Gasteiger partial charge in [-0.3, -0.25) is 14.4 Å². The highest BCUT2D eigenvalue weighted by atomic mass is 19.1. The van der Waals surface area contributed by atoms with E-state index in [-0.39, 0.29) is 35.1 Å². The first kappa shape index (κ1) is 18.6. The summed E-state index contributed by atoms with van der Waals surface area (Å²) in [6, 6.07) is 6.87. The van der Waals surface area contributed by atoms with Gasteiger partial charge in [0.2, 0.25) is 0 Å². The molecule has 25 heavy (non-hydrogen) atoms. The van der Waals surface area contributed by atoms with Crippen molar-refractivity contribution in [1.29, 1.82) is 0 Å². The zero-order valence-corrected chi connectivity index (χ0v) is 14.6. The van der Waals surface area contributed by atoms with Gasteiger partial charge in [-0.15, -0.1) is 0 Å². The molecular formula is C19H20FNO4. The minimum Gasteiger partial charge on any atom is -0.457 e. The van der Waals surface area contributed by atoms with E-state index in [1.165, 1.54) is 30.3 Å². The Labute approximate surface area is 145 Å². The molecule has 0 saturated carbocycles. The second kappa shape index (κ2) is 7.01. The van der Waals surface area contributed by atoms with Crippen molar-refractivity contribution in [2.45, 2.75) is 39.7 Å². The summed E-state index contributed by atoms with van der Waals surface area (Å²) in [4.78, 5) is 36.5. The molecule has 0 atom stereocenters. The number of rotatable bonds is 5. The molecule has 2 rings (SSSR count). The molecule has 0 aliphatic rings. The molecule has 0 unspecified atom stereocenters. The molecule has 2 aromatic rings. The lowest BCUT2D eigenvalue weighted by Gasteiger charge is -2.19. The van der Waals surface area contributed by atoms with Crippen LogP contribution in [0, 0.1) is 12.7 Å². The van der Waals surface area contributed by atoms with Gasteiger partial charge in [-0.25, -0.2) is 4.39 Å². The third kappa shape index (κ3) is 4.86. The Morgan fingerprint density at radius 1 is 1.12 bits per heavy atom. The molecule has 6 heteroatoms. The third-order valence-electron chi connectivity index (χ3n) is 3.41. The number of nitrogens with one attached hydrogen (secondary N) is 1. The van der Waals surface area contributed by atoms with E-state index >= 15 is 0 Å². The molecule has 1 heterocycles. The highest BCUT2D eigenvalue weighted by Crippen LogP contribution is 2.18. The van der Waals surface area contributed by atoms with Crippen LogP contribution in [0.1, 0.15) is 53.0 Å².